The maximum Gasteiger partial charge on any atom is 0.254 e. The van der Waals surface area contributed by atoms with Gasteiger partial charge >= 0.3 is 0 Å². The number of halogens is 1. The molecule has 0 spiro atoms. The number of carbonyl (C=O) groups is 2. The summed E-state index contributed by atoms with van der Waals surface area (Å²) in [6.07, 6.45) is 7.53. The minimum atomic E-state index is -0.107. The molecule has 2 amide bonds. The number of nitrogens with zero attached hydrogens (tertiary/aromatic N) is 3. The molecule has 6 heteroatoms. The summed E-state index contributed by atoms with van der Waals surface area (Å²) >= 11 is 6.42. The molecule has 5 nitrogen and oxygen atoms in total. The first kappa shape index (κ1) is 26.0. The van der Waals surface area contributed by atoms with Gasteiger partial charge in [-0.15, -0.1) is 0 Å². The lowest BCUT2D eigenvalue weighted by Crippen LogP contribution is -2.49. The first-order chi connectivity index (χ1) is 17.4. The number of hydrogen-bond donors (Lipinski definition) is 0. The van der Waals surface area contributed by atoms with E-state index in [0.717, 1.165) is 42.0 Å². The second-order valence-corrected chi connectivity index (χ2v) is 10.3. The van der Waals surface area contributed by atoms with Gasteiger partial charge in [0, 0.05) is 41.1 Å². The Labute approximate surface area is 219 Å². The van der Waals surface area contributed by atoms with E-state index in [0.29, 0.717) is 18.7 Å². The summed E-state index contributed by atoms with van der Waals surface area (Å²) in [5, 5.41) is 0.740. The maximum absolute atomic E-state index is 13.8. The van der Waals surface area contributed by atoms with Gasteiger partial charge in [-0.25, -0.2) is 0 Å². The van der Waals surface area contributed by atoms with Crippen molar-refractivity contribution in [3.05, 3.63) is 94.8 Å². The lowest BCUT2D eigenvalue weighted by molar-refractivity contribution is -0.136. The molecule has 1 aliphatic carbocycles. The molecule has 0 atom stereocenters. The summed E-state index contributed by atoms with van der Waals surface area (Å²) in [6.45, 7) is 5.18. The number of benzene rings is 2. The average Bonchev–Trinajstić information content (AvgIpc) is 3.34. The maximum atomic E-state index is 13.8. The number of hydrogen-bond acceptors (Lipinski definition) is 2. The Morgan fingerprint density at radius 2 is 1.64 bits per heavy atom. The Bertz CT molecular complexity index is 1150. The van der Waals surface area contributed by atoms with Gasteiger partial charge in [0.25, 0.3) is 5.91 Å². The van der Waals surface area contributed by atoms with E-state index in [-0.39, 0.29) is 30.4 Å². The third-order valence-corrected chi connectivity index (χ3v) is 7.47. The van der Waals surface area contributed by atoms with Gasteiger partial charge in [0.15, 0.2) is 0 Å². The molecule has 190 valence electrons. The minimum absolute atomic E-state index is 0.00498. The molecule has 1 fully saturated rings. The van der Waals surface area contributed by atoms with Crippen LogP contribution in [0.4, 0.5) is 0 Å². The van der Waals surface area contributed by atoms with Crippen molar-refractivity contribution in [1.29, 1.82) is 0 Å². The Morgan fingerprint density at radius 3 is 2.33 bits per heavy atom. The van der Waals surface area contributed by atoms with Crippen LogP contribution in [0.1, 0.15) is 67.6 Å². The molecule has 1 aromatic heterocycles. The molecule has 0 N–H and O–H groups in total. The number of aromatic nitrogens is 1. The van der Waals surface area contributed by atoms with Crippen molar-refractivity contribution in [2.75, 3.05) is 6.54 Å². The Balaban J connectivity index is 1.55. The van der Waals surface area contributed by atoms with Gasteiger partial charge in [0.1, 0.15) is 6.54 Å². The Morgan fingerprint density at radius 1 is 0.944 bits per heavy atom. The third kappa shape index (κ3) is 6.38. The highest BCUT2D eigenvalue weighted by Crippen LogP contribution is 2.26. The van der Waals surface area contributed by atoms with Crippen molar-refractivity contribution in [2.45, 2.75) is 71.1 Å². The lowest BCUT2D eigenvalue weighted by Gasteiger charge is -2.37. The van der Waals surface area contributed by atoms with Crippen LogP contribution >= 0.6 is 11.6 Å². The molecule has 2 aromatic carbocycles. The quantitative estimate of drug-likeness (QED) is 0.337. The van der Waals surface area contributed by atoms with Crippen LogP contribution in [0.25, 0.3) is 0 Å². The fourth-order valence-corrected chi connectivity index (χ4v) is 5.21. The SMILES string of the molecule is CC(C)N(CC(=O)N(Cc1cccn1Cc1ccccc1Cl)C1CCCCC1)C(=O)c1ccccc1. The van der Waals surface area contributed by atoms with Crippen molar-refractivity contribution in [1.82, 2.24) is 14.4 Å². The molecule has 0 unspecified atom stereocenters. The fraction of sp³-hybridized carbons (Fsp3) is 0.400. The van der Waals surface area contributed by atoms with E-state index in [9.17, 15) is 9.59 Å². The van der Waals surface area contributed by atoms with E-state index in [1.54, 1.807) is 4.90 Å². The van der Waals surface area contributed by atoms with Crippen LogP contribution in [0.5, 0.6) is 0 Å². The van der Waals surface area contributed by atoms with E-state index in [1.807, 2.05) is 85.6 Å². The highest BCUT2D eigenvalue weighted by atomic mass is 35.5. The molecular formula is C30H36ClN3O2. The van der Waals surface area contributed by atoms with E-state index < -0.39 is 0 Å². The van der Waals surface area contributed by atoms with Gasteiger partial charge in [-0.2, -0.15) is 0 Å². The molecule has 0 saturated heterocycles. The van der Waals surface area contributed by atoms with Crippen molar-refractivity contribution in [3.8, 4) is 0 Å². The molecule has 3 aromatic rings. The molecule has 0 aliphatic heterocycles. The van der Waals surface area contributed by atoms with Gasteiger partial charge in [-0.05, 0) is 62.6 Å². The van der Waals surface area contributed by atoms with Crippen molar-refractivity contribution < 1.29 is 9.59 Å². The van der Waals surface area contributed by atoms with Gasteiger partial charge < -0.3 is 14.4 Å². The zero-order valence-corrected chi connectivity index (χ0v) is 22.0. The summed E-state index contributed by atoms with van der Waals surface area (Å²) in [4.78, 5) is 30.8. The molecule has 1 heterocycles. The predicted octanol–water partition coefficient (Wildman–Crippen LogP) is 6.40. The van der Waals surface area contributed by atoms with Crippen LogP contribution < -0.4 is 0 Å². The summed E-state index contributed by atoms with van der Waals surface area (Å²) in [7, 11) is 0. The topological polar surface area (TPSA) is 45.6 Å². The molecular weight excluding hydrogens is 470 g/mol. The molecule has 0 bridgehead atoms. The number of rotatable bonds is 9. The Hall–Kier alpha value is -3.05. The van der Waals surface area contributed by atoms with Crippen molar-refractivity contribution in [2.24, 2.45) is 0 Å². The second-order valence-electron chi connectivity index (χ2n) is 9.93. The van der Waals surface area contributed by atoms with Crippen LogP contribution in [-0.2, 0) is 17.9 Å². The zero-order valence-electron chi connectivity index (χ0n) is 21.3. The zero-order chi connectivity index (χ0) is 25.5. The fourth-order valence-electron chi connectivity index (χ4n) is 5.02. The first-order valence-electron chi connectivity index (χ1n) is 13.0. The van der Waals surface area contributed by atoms with Crippen LogP contribution in [0.2, 0.25) is 5.02 Å². The Kier molecular flexibility index (Phi) is 8.87. The standard InChI is InChI=1S/C30H36ClN3O2/c1-23(2)33(30(36)24-12-5-3-6-13-24)22-29(35)34(26-15-7-4-8-16-26)21-27-17-11-19-32(27)20-25-14-9-10-18-28(25)31/h3,5-6,9-14,17-19,23,26H,4,7-8,15-16,20-22H2,1-2H3. The van der Waals surface area contributed by atoms with Gasteiger partial charge in [-0.3, -0.25) is 9.59 Å². The first-order valence-corrected chi connectivity index (χ1v) is 13.3. The molecule has 1 saturated carbocycles. The highest BCUT2D eigenvalue weighted by molar-refractivity contribution is 6.31. The third-order valence-electron chi connectivity index (χ3n) is 7.10. The summed E-state index contributed by atoms with van der Waals surface area (Å²) < 4.78 is 2.17. The van der Waals surface area contributed by atoms with E-state index >= 15 is 0 Å². The summed E-state index contributed by atoms with van der Waals surface area (Å²) in [5.74, 6) is -0.102. The van der Waals surface area contributed by atoms with E-state index in [4.69, 9.17) is 11.6 Å². The summed E-state index contributed by atoms with van der Waals surface area (Å²) in [5.41, 5.74) is 2.72. The van der Waals surface area contributed by atoms with Crippen molar-refractivity contribution >= 4 is 23.4 Å². The highest BCUT2D eigenvalue weighted by Gasteiger charge is 2.30. The van der Waals surface area contributed by atoms with Gasteiger partial charge in [0.05, 0.1) is 6.54 Å². The smallest absolute Gasteiger partial charge is 0.254 e. The van der Waals surface area contributed by atoms with Gasteiger partial charge in [-0.1, -0.05) is 67.3 Å². The minimum Gasteiger partial charge on any atom is -0.345 e. The van der Waals surface area contributed by atoms with Crippen LogP contribution in [0, 0.1) is 0 Å². The monoisotopic (exact) mass is 505 g/mol. The normalized spacial score (nSPS) is 14.1. The van der Waals surface area contributed by atoms with Crippen LogP contribution in [-0.4, -0.2) is 44.8 Å². The largest absolute Gasteiger partial charge is 0.345 e. The van der Waals surface area contributed by atoms with Crippen LogP contribution in [0.3, 0.4) is 0 Å². The van der Waals surface area contributed by atoms with Gasteiger partial charge in [0.2, 0.25) is 5.91 Å². The average molecular weight is 506 g/mol. The lowest BCUT2D eigenvalue weighted by atomic mass is 9.94. The summed E-state index contributed by atoms with van der Waals surface area (Å²) in [6, 6.07) is 21.3. The predicted molar refractivity (Wildman–Crippen MR) is 145 cm³/mol. The number of amides is 2. The molecule has 0 radical (unpaired) electrons. The molecule has 1 aliphatic rings. The van der Waals surface area contributed by atoms with Crippen LogP contribution in [0.15, 0.2) is 72.9 Å². The van der Waals surface area contributed by atoms with E-state index in [2.05, 4.69) is 10.6 Å². The molecule has 36 heavy (non-hydrogen) atoms. The number of carbonyl (C=O) groups excluding carboxylic acids is 2. The molecule has 4 rings (SSSR count). The van der Waals surface area contributed by atoms with Crippen molar-refractivity contribution in [3.63, 3.8) is 0 Å². The van der Waals surface area contributed by atoms with E-state index in [1.165, 1.54) is 6.42 Å². The second kappa shape index (κ2) is 12.3.